The minimum absolute atomic E-state index is 0.0257. The predicted octanol–water partition coefficient (Wildman–Crippen LogP) is 2.91. The lowest BCUT2D eigenvalue weighted by Crippen LogP contribution is -2.47. The zero-order valence-corrected chi connectivity index (χ0v) is 18.4. The fourth-order valence-corrected chi connectivity index (χ4v) is 4.46. The summed E-state index contributed by atoms with van der Waals surface area (Å²) in [5.74, 6) is 0.0587. The lowest BCUT2D eigenvalue weighted by molar-refractivity contribution is -0.125. The number of para-hydroxylation sites is 1. The van der Waals surface area contributed by atoms with E-state index in [0.717, 1.165) is 31.6 Å². The molecule has 158 valence electrons. The lowest BCUT2D eigenvalue weighted by Gasteiger charge is -2.31. The van der Waals surface area contributed by atoms with Crippen molar-refractivity contribution in [2.45, 2.75) is 64.2 Å². The van der Waals surface area contributed by atoms with Crippen LogP contribution in [0.5, 0.6) is 0 Å². The normalized spacial score (nSPS) is 20.6. The zero-order valence-electron chi connectivity index (χ0n) is 17.6. The molecule has 28 heavy (non-hydrogen) atoms. The minimum atomic E-state index is -3.34. The van der Waals surface area contributed by atoms with Gasteiger partial charge in [0.1, 0.15) is 0 Å². The first-order valence-corrected chi connectivity index (χ1v) is 11.7. The summed E-state index contributed by atoms with van der Waals surface area (Å²) in [6.07, 6.45) is 2.86. The molecule has 0 aromatic heterocycles. The van der Waals surface area contributed by atoms with Gasteiger partial charge < -0.3 is 10.2 Å². The Hall–Kier alpha value is -1.60. The largest absolute Gasteiger partial charge is 0.370 e. The van der Waals surface area contributed by atoms with Crippen molar-refractivity contribution in [1.29, 1.82) is 0 Å². The van der Waals surface area contributed by atoms with Crippen molar-refractivity contribution in [3.05, 3.63) is 30.3 Å². The molecule has 1 aliphatic rings. The van der Waals surface area contributed by atoms with Gasteiger partial charge in [-0.2, -0.15) is 0 Å². The number of benzene rings is 1. The average Bonchev–Trinajstić information content (AvgIpc) is 2.65. The molecule has 0 atom stereocenters. The zero-order chi connectivity index (χ0) is 20.8. The number of likely N-dealkylation sites (N-methyl/N-ethyl adjacent to an activating group) is 1. The number of hydrogen-bond donors (Lipinski definition) is 2. The van der Waals surface area contributed by atoms with Crippen LogP contribution in [0, 0.1) is 5.92 Å². The van der Waals surface area contributed by atoms with Crippen LogP contribution in [0.2, 0.25) is 0 Å². The van der Waals surface area contributed by atoms with Gasteiger partial charge in [-0.15, -0.1) is 0 Å². The molecule has 0 unspecified atom stereocenters. The van der Waals surface area contributed by atoms with Gasteiger partial charge >= 0.3 is 0 Å². The minimum Gasteiger partial charge on any atom is -0.370 e. The van der Waals surface area contributed by atoms with Crippen LogP contribution in [0.3, 0.4) is 0 Å². The van der Waals surface area contributed by atoms with Gasteiger partial charge in [0.25, 0.3) is 0 Å². The molecule has 0 heterocycles. The second-order valence-electron chi connectivity index (χ2n) is 8.49. The van der Waals surface area contributed by atoms with Crippen LogP contribution in [0.4, 0.5) is 5.69 Å². The van der Waals surface area contributed by atoms with Gasteiger partial charge in [-0.05, 0) is 65.5 Å². The quantitative estimate of drug-likeness (QED) is 0.692. The number of amides is 1. The maximum atomic E-state index is 12.5. The van der Waals surface area contributed by atoms with Gasteiger partial charge in [0.2, 0.25) is 15.9 Å². The molecule has 0 bridgehead atoms. The van der Waals surface area contributed by atoms with E-state index in [1.807, 2.05) is 18.2 Å². The summed E-state index contributed by atoms with van der Waals surface area (Å²) in [6.45, 7) is 9.47. The Kier molecular flexibility index (Phi) is 7.89. The Balaban J connectivity index is 1.75. The third kappa shape index (κ3) is 6.21. The van der Waals surface area contributed by atoms with Crippen molar-refractivity contribution in [2.24, 2.45) is 5.92 Å². The molecule has 1 saturated carbocycles. The summed E-state index contributed by atoms with van der Waals surface area (Å²) < 4.78 is 26.6. The molecule has 1 aliphatic carbocycles. The fraction of sp³-hybridized carbons (Fsp3) is 0.667. The van der Waals surface area contributed by atoms with E-state index >= 15 is 0 Å². The molecule has 0 saturated heterocycles. The van der Waals surface area contributed by atoms with Gasteiger partial charge in [-0.3, -0.25) is 4.79 Å². The molecule has 1 amide bonds. The number of carbonyl (C=O) groups is 1. The summed E-state index contributed by atoms with van der Waals surface area (Å²) in [7, 11) is -3.34. The Morgan fingerprint density at radius 2 is 1.71 bits per heavy atom. The SMILES string of the molecule is CCN(CCNC(=O)C1CCC(NS(=O)(=O)C(C)(C)C)CC1)c1ccccc1. The Morgan fingerprint density at radius 1 is 1.11 bits per heavy atom. The Labute approximate surface area is 170 Å². The van der Waals surface area contributed by atoms with Crippen molar-refractivity contribution in [3.63, 3.8) is 0 Å². The van der Waals surface area contributed by atoms with Crippen LogP contribution < -0.4 is 14.9 Å². The highest BCUT2D eigenvalue weighted by Gasteiger charge is 2.33. The molecule has 0 spiro atoms. The van der Waals surface area contributed by atoms with Crippen molar-refractivity contribution in [2.75, 3.05) is 24.5 Å². The van der Waals surface area contributed by atoms with E-state index in [9.17, 15) is 13.2 Å². The first-order chi connectivity index (χ1) is 13.1. The molecule has 1 fully saturated rings. The van der Waals surface area contributed by atoms with Gasteiger partial charge in [0.15, 0.2) is 0 Å². The summed E-state index contributed by atoms with van der Waals surface area (Å²) in [4.78, 5) is 14.7. The number of anilines is 1. The molecule has 1 aromatic rings. The van der Waals surface area contributed by atoms with Crippen molar-refractivity contribution in [1.82, 2.24) is 10.0 Å². The van der Waals surface area contributed by atoms with E-state index in [0.29, 0.717) is 19.4 Å². The highest BCUT2D eigenvalue weighted by atomic mass is 32.2. The van der Waals surface area contributed by atoms with Gasteiger partial charge in [0, 0.05) is 37.3 Å². The number of sulfonamides is 1. The van der Waals surface area contributed by atoms with Crippen molar-refractivity contribution >= 4 is 21.6 Å². The first kappa shape index (κ1) is 22.7. The standard InChI is InChI=1S/C21H35N3O3S/c1-5-24(19-9-7-6-8-10-19)16-15-22-20(25)17-11-13-18(14-12-17)23-28(26,27)21(2,3)4/h6-10,17-18,23H,5,11-16H2,1-4H3,(H,22,25). The van der Waals surface area contributed by atoms with Crippen LogP contribution in [0.15, 0.2) is 30.3 Å². The summed E-state index contributed by atoms with van der Waals surface area (Å²) in [5.41, 5.74) is 1.16. The van der Waals surface area contributed by atoms with E-state index < -0.39 is 14.8 Å². The Morgan fingerprint density at radius 3 is 2.25 bits per heavy atom. The van der Waals surface area contributed by atoms with Crippen LogP contribution in [-0.4, -0.2) is 44.7 Å². The third-order valence-corrected chi connectivity index (χ3v) is 7.67. The molecule has 2 N–H and O–H groups in total. The van der Waals surface area contributed by atoms with Crippen molar-refractivity contribution in [3.8, 4) is 0 Å². The molecule has 7 heteroatoms. The molecular formula is C21H35N3O3S. The van der Waals surface area contributed by atoms with Gasteiger partial charge in [-0.25, -0.2) is 13.1 Å². The number of nitrogens with one attached hydrogen (secondary N) is 2. The topological polar surface area (TPSA) is 78.5 Å². The number of hydrogen-bond acceptors (Lipinski definition) is 4. The van der Waals surface area contributed by atoms with E-state index in [1.54, 1.807) is 20.8 Å². The van der Waals surface area contributed by atoms with Crippen LogP contribution in [-0.2, 0) is 14.8 Å². The second-order valence-corrected chi connectivity index (χ2v) is 11.0. The second kappa shape index (κ2) is 9.74. The maximum absolute atomic E-state index is 12.5. The van der Waals surface area contributed by atoms with Gasteiger partial charge in [-0.1, -0.05) is 18.2 Å². The molecule has 6 nitrogen and oxygen atoms in total. The smallest absolute Gasteiger partial charge is 0.223 e. The number of carbonyl (C=O) groups excluding carboxylic acids is 1. The number of rotatable bonds is 8. The lowest BCUT2D eigenvalue weighted by atomic mass is 9.86. The highest BCUT2D eigenvalue weighted by Crippen LogP contribution is 2.26. The van der Waals surface area contributed by atoms with Crippen LogP contribution in [0.1, 0.15) is 53.4 Å². The summed E-state index contributed by atoms with van der Waals surface area (Å²) >= 11 is 0. The molecule has 0 aliphatic heterocycles. The highest BCUT2D eigenvalue weighted by molar-refractivity contribution is 7.90. The van der Waals surface area contributed by atoms with E-state index in [1.165, 1.54) is 0 Å². The monoisotopic (exact) mass is 409 g/mol. The summed E-state index contributed by atoms with van der Waals surface area (Å²) in [6, 6.07) is 10.1. The van der Waals surface area contributed by atoms with E-state index in [-0.39, 0.29) is 17.9 Å². The molecule has 0 radical (unpaired) electrons. The molecule has 1 aromatic carbocycles. The van der Waals surface area contributed by atoms with E-state index in [2.05, 4.69) is 34.0 Å². The maximum Gasteiger partial charge on any atom is 0.223 e. The third-order valence-electron chi connectivity index (χ3n) is 5.41. The first-order valence-electron chi connectivity index (χ1n) is 10.2. The average molecular weight is 410 g/mol. The predicted molar refractivity (Wildman–Crippen MR) is 115 cm³/mol. The summed E-state index contributed by atoms with van der Waals surface area (Å²) in [5, 5.41) is 3.06. The van der Waals surface area contributed by atoms with Crippen LogP contribution >= 0.6 is 0 Å². The van der Waals surface area contributed by atoms with Crippen molar-refractivity contribution < 1.29 is 13.2 Å². The molecular weight excluding hydrogens is 374 g/mol. The van der Waals surface area contributed by atoms with E-state index in [4.69, 9.17) is 0 Å². The van der Waals surface area contributed by atoms with Gasteiger partial charge in [0.05, 0.1) is 4.75 Å². The van der Waals surface area contributed by atoms with Crippen LogP contribution in [0.25, 0.3) is 0 Å². The number of nitrogens with zero attached hydrogens (tertiary/aromatic N) is 1. The molecule has 2 rings (SSSR count). The Bertz CT molecular complexity index is 721. The fourth-order valence-electron chi connectivity index (χ4n) is 3.44.